The van der Waals surface area contributed by atoms with E-state index in [1.165, 1.54) is 10.5 Å². The quantitative estimate of drug-likeness (QED) is 0.769. The summed E-state index contributed by atoms with van der Waals surface area (Å²) in [5, 5.41) is 9.11. The maximum atomic E-state index is 12.7. The van der Waals surface area contributed by atoms with Crippen molar-refractivity contribution >= 4 is 18.3 Å². The van der Waals surface area contributed by atoms with Crippen molar-refractivity contribution in [2.75, 3.05) is 33.7 Å². The molecule has 2 aliphatic rings. The third-order valence-electron chi connectivity index (χ3n) is 6.32. The number of hydrogen-bond donors (Lipinski definition) is 1. The van der Waals surface area contributed by atoms with Crippen LogP contribution in [0.1, 0.15) is 31.2 Å². The smallest absolute Gasteiger partial charge is 0.323 e. The van der Waals surface area contributed by atoms with Crippen LogP contribution in [0.25, 0.3) is 0 Å². The average Bonchev–Trinajstić information content (AvgIpc) is 2.88. The Kier molecular flexibility index (Phi) is 5.24. The Morgan fingerprint density at radius 3 is 2.33 bits per heavy atom. The number of hydrogen-bond acceptors (Lipinski definition) is 4. The zero-order chi connectivity index (χ0) is 19.7. The Morgan fingerprint density at radius 2 is 1.81 bits per heavy atom. The SMILES string of the molecule is CN(C)C1(c2ccccc2)CCC2(CC1)CN(CC(=O)O)C(=O)N2CC=O. The van der Waals surface area contributed by atoms with E-state index in [-0.39, 0.29) is 24.7 Å². The van der Waals surface area contributed by atoms with Crippen molar-refractivity contribution in [3.63, 3.8) is 0 Å². The van der Waals surface area contributed by atoms with Crippen molar-refractivity contribution in [3.05, 3.63) is 35.9 Å². The van der Waals surface area contributed by atoms with Gasteiger partial charge in [0.05, 0.1) is 12.1 Å². The fourth-order valence-electron chi connectivity index (χ4n) is 4.81. The van der Waals surface area contributed by atoms with Crippen molar-refractivity contribution < 1.29 is 19.5 Å². The summed E-state index contributed by atoms with van der Waals surface area (Å²) in [6, 6.07) is 10.0. The number of aldehydes is 1. The van der Waals surface area contributed by atoms with Gasteiger partial charge in [-0.3, -0.25) is 9.69 Å². The molecular formula is C20H27N3O4. The van der Waals surface area contributed by atoms with Crippen LogP contribution in [-0.4, -0.2) is 77.4 Å². The molecule has 1 spiro atoms. The molecular weight excluding hydrogens is 346 g/mol. The number of rotatable bonds is 6. The van der Waals surface area contributed by atoms with Crippen LogP contribution in [0, 0.1) is 0 Å². The number of aliphatic carboxylic acids is 1. The summed E-state index contributed by atoms with van der Waals surface area (Å²) >= 11 is 0. The second-order valence-corrected chi connectivity index (χ2v) is 7.83. The highest BCUT2D eigenvalue weighted by molar-refractivity contribution is 5.84. The number of amides is 2. The van der Waals surface area contributed by atoms with Crippen molar-refractivity contribution in [1.29, 1.82) is 0 Å². The van der Waals surface area contributed by atoms with E-state index in [4.69, 9.17) is 5.11 Å². The third kappa shape index (κ3) is 3.32. The van der Waals surface area contributed by atoms with Crippen LogP contribution in [0.15, 0.2) is 30.3 Å². The van der Waals surface area contributed by atoms with Crippen LogP contribution in [0.5, 0.6) is 0 Å². The first-order valence-electron chi connectivity index (χ1n) is 9.30. The predicted molar refractivity (Wildman–Crippen MR) is 100 cm³/mol. The van der Waals surface area contributed by atoms with E-state index in [1.54, 1.807) is 4.90 Å². The Morgan fingerprint density at radius 1 is 1.19 bits per heavy atom. The Hall–Kier alpha value is -2.41. The maximum absolute atomic E-state index is 12.7. The van der Waals surface area contributed by atoms with Gasteiger partial charge in [-0.05, 0) is 45.3 Å². The molecule has 2 amide bonds. The first kappa shape index (κ1) is 19.4. The first-order valence-corrected chi connectivity index (χ1v) is 9.30. The highest BCUT2D eigenvalue weighted by Crippen LogP contribution is 2.48. The summed E-state index contributed by atoms with van der Waals surface area (Å²) < 4.78 is 0. The van der Waals surface area contributed by atoms with E-state index in [2.05, 4.69) is 31.1 Å². The van der Waals surface area contributed by atoms with E-state index in [0.717, 1.165) is 32.0 Å². The van der Waals surface area contributed by atoms with Crippen LogP contribution < -0.4 is 0 Å². The van der Waals surface area contributed by atoms with Gasteiger partial charge in [-0.2, -0.15) is 0 Å². The third-order valence-corrected chi connectivity index (χ3v) is 6.32. The van der Waals surface area contributed by atoms with Gasteiger partial charge in [-0.25, -0.2) is 4.79 Å². The molecule has 0 unspecified atom stereocenters. The highest BCUT2D eigenvalue weighted by atomic mass is 16.4. The summed E-state index contributed by atoms with van der Waals surface area (Å²) in [4.78, 5) is 40.2. The molecule has 27 heavy (non-hydrogen) atoms. The first-order chi connectivity index (χ1) is 12.8. The minimum Gasteiger partial charge on any atom is -0.480 e. The Balaban J connectivity index is 1.87. The molecule has 1 heterocycles. The predicted octanol–water partition coefficient (Wildman–Crippen LogP) is 1.78. The van der Waals surface area contributed by atoms with Crippen molar-refractivity contribution in [2.45, 2.75) is 36.8 Å². The van der Waals surface area contributed by atoms with Crippen molar-refractivity contribution in [1.82, 2.24) is 14.7 Å². The van der Waals surface area contributed by atoms with Crippen LogP contribution >= 0.6 is 0 Å². The van der Waals surface area contributed by atoms with E-state index in [0.29, 0.717) is 6.54 Å². The number of benzene rings is 1. The van der Waals surface area contributed by atoms with Gasteiger partial charge in [0.1, 0.15) is 12.8 Å². The molecule has 2 fully saturated rings. The molecule has 146 valence electrons. The molecule has 7 heteroatoms. The van der Waals surface area contributed by atoms with Crippen LogP contribution in [0.4, 0.5) is 4.79 Å². The molecule has 0 atom stereocenters. The van der Waals surface area contributed by atoms with Crippen LogP contribution in [0.2, 0.25) is 0 Å². The lowest BCUT2D eigenvalue weighted by Crippen LogP contribution is -2.55. The molecule has 1 aromatic rings. The largest absolute Gasteiger partial charge is 0.480 e. The van der Waals surface area contributed by atoms with Crippen LogP contribution in [-0.2, 0) is 15.1 Å². The topological polar surface area (TPSA) is 81.2 Å². The zero-order valence-corrected chi connectivity index (χ0v) is 15.9. The number of carboxylic acid groups (broad SMARTS) is 1. The normalized spacial score (nSPS) is 28.2. The van der Waals surface area contributed by atoms with E-state index in [9.17, 15) is 14.4 Å². The van der Waals surface area contributed by atoms with Crippen LogP contribution in [0.3, 0.4) is 0 Å². The molecule has 3 rings (SSSR count). The molecule has 0 bridgehead atoms. The number of carbonyl (C=O) groups is 3. The summed E-state index contributed by atoms with van der Waals surface area (Å²) in [7, 11) is 4.15. The fourth-order valence-corrected chi connectivity index (χ4v) is 4.81. The second kappa shape index (κ2) is 7.31. The lowest BCUT2D eigenvalue weighted by atomic mass is 9.68. The van der Waals surface area contributed by atoms with E-state index in [1.807, 2.05) is 18.2 Å². The van der Waals surface area contributed by atoms with E-state index >= 15 is 0 Å². The van der Waals surface area contributed by atoms with Gasteiger partial charge in [0.25, 0.3) is 0 Å². The molecule has 1 saturated carbocycles. The Labute approximate surface area is 159 Å². The molecule has 7 nitrogen and oxygen atoms in total. The second-order valence-electron chi connectivity index (χ2n) is 7.83. The summed E-state index contributed by atoms with van der Waals surface area (Å²) in [6.45, 7) is 0.0486. The van der Waals surface area contributed by atoms with Gasteiger partial charge >= 0.3 is 12.0 Å². The lowest BCUT2D eigenvalue weighted by molar-refractivity contribution is -0.137. The fraction of sp³-hybridized carbons (Fsp3) is 0.550. The molecule has 1 aliphatic heterocycles. The van der Waals surface area contributed by atoms with Gasteiger partial charge in [0.15, 0.2) is 0 Å². The minimum absolute atomic E-state index is 0.00918. The molecule has 0 aromatic heterocycles. The van der Waals surface area contributed by atoms with Gasteiger partial charge < -0.3 is 19.7 Å². The average molecular weight is 373 g/mol. The van der Waals surface area contributed by atoms with Gasteiger partial charge in [0.2, 0.25) is 0 Å². The molecule has 1 aliphatic carbocycles. The molecule has 1 saturated heterocycles. The van der Waals surface area contributed by atoms with Gasteiger partial charge in [0, 0.05) is 12.1 Å². The van der Waals surface area contributed by atoms with Gasteiger partial charge in [-0.1, -0.05) is 30.3 Å². The zero-order valence-electron chi connectivity index (χ0n) is 15.9. The highest BCUT2D eigenvalue weighted by Gasteiger charge is 2.54. The van der Waals surface area contributed by atoms with E-state index < -0.39 is 11.5 Å². The molecule has 0 radical (unpaired) electrons. The standard InChI is InChI=1S/C20H27N3O4/c1-21(2)20(16-6-4-3-5-7-16)10-8-19(9-11-20)15-22(14-17(25)26)18(27)23(19)12-13-24/h3-7,13H,8-12,14-15H2,1-2H3,(H,25,26). The number of carbonyl (C=O) groups excluding carboxylic acids is 2. The maximum Gasteiger partial charge on any atom is 0.323 e. The van der Waals surface area contributed by atoms with Gasteiger partial charge in [-0.15, -0.1) is 0 Å². The lowest BCUT2D eigenvalue weighted by Gasteiger charge is -2.50. The Bertz CT molecular complexity index is 711. The number of nitrogens with zero attached hydrogens (tertiary/aromatic N) is 3. The molecule has 1 aromatic carbocycles. The monoisotopic (exact) mass is 373 g/mol. The molecule has 1 N–H and O–H groups in total. The van der Waals surface area contributed by atoms with Crippen molar-refractivity contribution in [3.8, 4) is 0 Å². The van der Waals surface area contributed by atoms with Crippen molar-refractivity contribution in [2.24, 2.45) is 0 Å². The summed E-state index contributed by atoms with van der Waals surface area (Å²) in [5.74, 6) is -1.03. The summed E-state index contributed by atoms with van der Waals surface area (Å²) in [6.07, 6.45) is 3.88. The summed E-state index contributed by atoms with van der Waals surface area (Å²) in [5.41, 5.74) is 0.656. The number of urea groups is 1. The minimum atomic E-state index is -1.03. The number of carboxylic acids is 1.